The van der Waals surface area contributed by atoms with Crippen LogP contribution >= 0.6 is 11.6 Å². The molecule has 1 heterocycles. The molecule has 0 spiro atoms. The highest BCUT2D eigenvalue weighted by Gasteiger charge is 2.21. The number of aliphatic hydroxyl groups is 1. The van der Waals surface area contributed by atoms with Crippen molar-refractivity contribution in [2.45, 2.75) is 33.3 Å². The Morgan fingerprint density at radius 3 is 2.65 bits per heavy atom. The van der Waals surface area contributed by atoms with Crippen LogP contribution in [0, 0.1) is 5.41 Å². The lowest BCUT2D eigenvalue weighted by Gasteiger charge is -2.26. The average molecular weight is 336 g/mol. The van der Waals surface area contributed by atoms with Crippen molar-refractivity contribution in [3.05, 3.63) is 47.2 Å². The van der Waals surface area contributed by atoms with Crippen LogP contribution in [0.3, 0.4) is 0 Å². The Labute approximate surface area is 141 Å². The molecule has 2 aromatic rings. The van der Waals surface area contributed by atoms with E-state index in [4.69, 9.17) is 11.6 Å². The van der Waals surface area contributed by atoms with E-state index in [9.17, 15) is 9.90 Å². The summed E-state index contributed by atoms with van der Waals surface area (Å²) in [5.41, 5.74) is 1.16. The van der Waals surface area contributed by atoms with Crippen molar-refractivity contribution in [2.24, 2.45) is 5.41 Å². The van der Waals surface area contributed by atoms with Gasteiger partial charge < -0.3 is 10.4 Å². The molecule has 124 valence electrons. The van der Waals surface area contributed by atoms with E-state index in [1.807, 2.05) is 26.0 Å². The van der Waals surface area contributed by atoms with E-state index in [1.165, 1.54) is 6.20 Å². The van der Waals surface area contributed by atoms with Gasteiger partial charge in [-0.15, -0.1) is 0 Å². The molecule has 5 nitrogen and oxygen atoms in total. The number of benzene rings is 1. The number of rotatable bonds is 6. The zero-order chi connectivity index (χ0) is 17.0. The van der Waals surface area contributed by atoms with E-state index in [1.54, 1.807) is 29.9 Å². The van der Waals surface area contributed by atoms with Gasteiger partial charge in [-0.3, -0.25) is 4.79 Å². The molecule has 0 radical (unpaired) electrons. The predicted octanol–water partition coefficient (Wildman–Crippen LogP) is 3.05. The fraction of sp³-hybridized carbons (Fsp3) is 0.412. The number of hydrogen-bond donors (Lipinski definition) is 2. The lowest BCUT2D eigenvalue weighted by atomic mass is 9.87. The van der Waals surface area contributed by atoms with Gasteiger partial charge in [0.05, 0.1) is 23.6 Å². The summed E-state index contributed by atoms with van der Waals surface area (Å²) in [6.07, 6.45) is 3.44. The number of amides is 1. The molecule has 0 saturated carbocycles. The first-order valence-corrected chi connectivity index (χ1v) is 7.91. The summed E-state index contributed by atoms with van der Waals surface area (Å²) in [5.74, 6) is -0.177. The average Bonchev–Trinajstić information content (AvgIpc) is 2.94. The minimum Gasteiger partial charge on any atom is -0.393 e. The molecule has 1 unspecified atom stereocenters. The van der Waals surface area contributed by atoms with Crippen LogP contribution in [0.4, 0.5) is 0 Å². The molecule has 0 saturated heterocycles. The van der Waals surface area contributed by atoms with Gasteiger partial charge in [-0.25, -0.2) is 4.68 Å². The Morgan fingerprint density at radius 1 is 1.39 bits per heavy atom. The van der Waals surface area contributed by atoms with Gasteiger partial charge in [-0.2, -0.15) is 5.10 Å². The van der Waals surface area contributed by atoms with Gasteiger partial charge >= 0.3 is 0 Å². The molecule has 23 heavy (non-hydrogen) atoms. The highest BCUT2D eigenvalue weighted by molar-refractivity contribution is 6.30. The molecule has 1 atom stereocenters. The van der Waals surface area contributed by atoms with E-state index < -0.39 is 6.10 Å². The van der Waals surface area contributed by atoms with Gasteiger partial charge in [-0.05, 0) is 43.0 Å². The lowest BCUT2D eigenvalue weighted by Crippen LogP contribution is -2.35. The number of carbonyl (C=O) groups is 1. The summed E-state index contributed by atoms with van der Waals surface area (Å²) in [6.45, 7) is 6.26. The summed E-state index contributed by atoms with van der Waals surface area (Å²) >= 11 is 5.86. The molecule has 1 amide bonds. The van der Waals surface area contributed by atoms with Gasteiger partial charge in [-0.1, -0.05) is 25.4 Å². The maximum atomic E-state index is 12.2. The maximum absolute atomic E-state index is 12.2. The van der Waals surface area contributed by atoms with Crippen molar-refractivity contribution in [3.8, 4) is 5.69 Å². The Morgan fingerprint density at radius 2 is 2.04 bits per heavy atom. The van der Waals surface area contributed by atoms with Crippen LogP contribution in [-0.4, -0.2) is 33.4 Å². The number of nitrogens with zero attached hydrogens (tertiary/aromatic N) is 2. The third-order valence-electron chi connectivity index (χ3n) is 3.51. The van der Waals surface area contributed by atoms with Crippen LogP contribution in [0.5, 0.6) is 0 Å². The largest absolute Gasteiger partial charge is 0.393 e. The van der Waals surface area contributed by atoms with Crippen LogP contribution < -0.4 is 5.32 Å². The normalized spacial score (nSPS) is 12.9. The van der Waals surface area contributed by atoms with Crippen LogP contribution in [0.15, 0.2) is 36.7 Å². The van der Waals surface area contributed by atoms with Crippen molar-refractivity contribution in [1.29, 1.82) is 0 Å². The van der Waals surface area contributed by atoms with Crippen LogP contribution in [0.25, 0.3) is 5.69 Å². The SMILES string of the molecule is CC(O)CC(C)(C)CNC(=O)c1cnn(-c2ccc(Cl)cc2)c1. The highest BCUT2D eigenvalue weighted by atomic mass is 35.5. The summed E-state index contributed by atoms with van der Waals surface area (Å²) in [7, 11) is 0. The van der Waals surface area contributed by atoms with E-state index in [0.29, 0.717) is 23.6 Å². The third kappa shape index (κ3) is 5.08. The maximum Gasteiger partial charge on any atom is 0.254 e. The smallest absolute Gasteiger partial charge is 0.254 e. The summed E-state index contributed by atoms with van der Waals surface area (Å²) in [6, 6.07) is 7.22. The Kier molecular flexibility index (Phi) is 5.44. The first-order valence-electron chi connectivity index (χ1n) is 7.54. The number of aromatic nitrogens is 2. The standard InChI is InChI=1S/C17H22ClN3O2/c1-12(22)8-17(2,3)11-19-16(23)13-9-20-21(10-13)15-6-4-14(18)5-7-15/h4-7,9-10,12,22H,8,11H2,1-3H3,(H,19,23). The molecule has 1 aromatic carbocycles. The summed E-state index contributed by atoms with van der Waals surface area (Å²) in [4.78, 5) is 12.2. The Balaban J connectivity index is 2.00. The minimum absolute atomic E-state index is 0.171. The monoisotopic (exact) mass is 335 g/mol. The fourth-order valence-corrected chi connectivity index (χ4v) is 2.59. The molecule has 2 rings (SSSR count). The predicted molar refractivity (Wildman–Crippen MR) is 91.0 cm³/mol. The second-order valence-electron chi connectivity index (χ2n) is 6.55. The van der Waals surface area contributed by atoms with Crippen molar-refractivity contribution >= 4 is 17.5 Å². The zero-order valence-electron chi connectivity index (χ0n) is 13.6. The van der Waals surface area contributed by atoms with E-state index in [-0.39, 0.29) is 11.3 Å². The number of aliphatic hydroxyl groups excluding tert-OH is 1. The van der Waals surface area contributed by atoms with Crippen molar-refractivity contribution < 1.29 is 9.90 Å². The second-order valence-corrected chi connectivity index (χ2v) is 6.99. The topological polar surface area (TPSA) is 67.2 Å². The van der Waals surface area contributed by atoms with Gasteiger partial charge in [0, 0.05) is 17.8 Å². The molecule has 0 aliphatic rings. The zero-order valence-corrected chi connectivity index (χ0v) is 14.3. The number of hydrogen-bond acceptors (Lipinski definition) is 3. The van der Waals surface area contributed by atoms with E-state index >= 15 is 0 Å². The van der Waals surface area contributed by atoms with Crippen LogP contribution in [0.2, 0.25) is 5.02 Å². The van der Waals surface area contributed by atoms with Crippen LogP contribution in [-0.2, 0) is 0 Å². The first-order chi connectivity index (χ1) is 10.8. The van der Waals surface area contributed by atoms with Crippen molar-refractivity contribution in [1.82, 2.24) is 15.1 Å². The molecule has 2 N–H and O–H groups in total. The third-order valence-corrected chi connectivity index (χ3v) is 3.76. The van der Waals surface area contributed by atoms with Crippen LogP contribution in [0.1, 0.15) is 37.6 Å². The molecule has 0 bridgehead atoms. The number of halogens is 1. The lowest BCUT2D eigenvalue weighted by molar-refractivity contribution is 0.0902. The van der Waals surface area contributed by atoms with Gasteiger partial charge in [0.1, 0.15) is 0 Å². The Hall–Kier alpha value is -1.85. The molecule has 0 fully saturated rings. The Bertz CT molecular complexity index is 663. The quantitative estimate of drug-likeness (QED) is 0.852. The van der Waals surface area contributed by atoms with Gasteiger partial charge in [0.25, 0.3) is 5.91 Å². The molecule has 6 heteroatoms. The fourth-order valence-electron chi connectivity index (χ4n) is 2.47. The molecule has 1 aromatic heterocycles. The number of nitrogens with one attached hydrogen (secondary N) is 1. The van der Waals surface area contributed by atoms with Gasteiger partial charge in [0.2, 0.25) is 0 Å². The van der Waals surface area contributed by atoms with E-state index in [2.05, 4.69) is 10.4 Å². The summed E-state index contributed by atoms with van der Waals surface area (Å²) in [5, 5.41) is 17.2. The molecular formula is C17H22ClN3O2. The second kappa shape index (κ2) is 7.15. The molecule has 0 aliphatic heterocycles. The molecular weight excluding hydrogens is 314 g/mol. The highest BCUT2D eigenvalue weighted by Crippen LogP contribution is 2.21. The summed E-state index contributed by atoms with van der Waals surface area (Å²) < 4.78 is 1.63. The minimum atomic E-state index is -0.394. The van der Waals surface area contributed by atoms with Crippen molar-refractivity contribution in [2.75, 3.05) is 6.54 Å². The molecule has 0 aliphatic carbocycles. The first kappa shape index (κ1) is 17.5. The van der Waals surface area contributed by atoms with Crippen molar-refractivity contribution in [3.63, 3.8) is 0 Å². The van der Waals surface area contributed by atoms with E-state index in [0.717, 1.165) is 5.69 Å². The number of carbonyl (C=O) groups excluding carboxylic acids is 1. The van der Waals surface area contributed by atoms with Gasteiger partial charge in [0.15, 0.2) is 0 Å².